The number of imidazole rings is 1. The van der Waals surface area contributed by atoms with E-state index in [1.807, 2.05) is 52.1 Å². The Labute approximate surface area is 220 Å². The number of aromatic nitrogens is 3. The van der Waals surface area contributed by atoms with Crippen molar-refractivity contribution in [3.63, 3.8) is 0 Å². The maximum absolute atomic E-state index is 13.7. The fourth-order valence-electron chi connectivity index (χ4n) is 4.25. The molecular formula is C29H28ClN5O2. The minimum atomic E-state index is -0.0350. The monoisotopic (exact) mass is 513 g/mol. The maximum atomic E-state index is 13.7. The number of anilines is 1. The van der Waals surface area contributed by atoms with Gasteiger partial charge < -0.3 is 19.2 Å². The molecule has 0 saturated carbocycles. The highest BCUT2D eigenvalue weighted by Gasteiger charge is 2.18. The zero-order valence-corrected chi connectivity index (χ0v) is 21.4. The van der Waals surface area contributed by atoms with Crippen LogP contribution in [0, 0.1) is 6.92 Å². The molecular weight excluding hydrogens is 486 g/mol. The van der Waals surface area contributed by atoms with Crippen LogP contribution in [0.4, 0.5) is 6.01 Å². The largest absolute Gasteiger partial charge is 0.424 e. The first-order valence-electron chi connectivity index (χ1n) is 12.2. The summed E-state index contributed by atoms with van der Waals surface area (Å²) < 4.78 is 7.87. The molecule has 0 aliphatic rings. The number of nitrogens with zero attached hydrogens (tertiary/aromatic N) is 4. The molecule has 0 aliphatic carbocycles. The van der Waals surface area contributed by atoms with E-state index >= 15 is 0 Å². The van der Waals surface area contributed by atoms with Crippen molar-refractivity contribution in [3.05, 3.63) is 113 Å². The van der Waals surface area contributed by atoms with Crippen molar-refractivity contribution in [3.8, 4) is 0 Å². The molecule has 7 nitrogen and oxygen atoms in total. The van der Waals surface area contributed by atoms with E-state index in [9.17, 15) is 4.79 Å². The summed E-state index contributed by atoms with van der Waals surface area (Å²) in [5.74, 6) is -0.0350. The third-order valence-corrected chi connectivity index (χ3v) is 6.52. The molecule has 0 atom stereocenters. The van der Waals surface area contributed by atoms with Gasteiger partial charge in [-0.1, -0.05) is 48.0 Å². The second kappa shape index (κ2) is 11.3. The number of aryl methyl sites for hydroxylation is 2. The SMILES string of the molecule is Cc1ccccc1CN(CCCn1ccnc1)C(=O)c1ccc2oc(NCc3cccc(Cl)c3)nc2c1. The highest BCUT2D eigenvalue weighted by atomic mass is 35.5. The fourth-order valence-corrected chi connectivity index (χ4v) is 4.46. The zero-order valence-electron chi connectivity index (χ0n) is 20.6. The molecule has 0 spiro atoms. The molecule has 188 valence electrons. The predicted molar refractivity (Wildman–Crippen MR) is 146 cm³/mol. The molecule has 1 amide bonds. The van der Waals surface area contributed by atoms with E-state index in [2.05, 4.69) is 34.3 Å². The molecule has 0 unspecified atom stereocenters. The maximum Gasteiger partial charge on any atom is 0.295 e. The van der Waals surface area contributed by atoms with Crippen LogP contribution in [-0.4, -0.2) is 31.9 Å². The van der Waals surface area contributed by atoms with Gasteiger partial charge in [-0.3, -0.25) is 4.79 Å². The van der Waals surface area contributed by atoms with E-state index in [4.69, 9.17) is 16.0 Å². The van der Waals surface area contributed by atoms with Gasteiger partial charge in [-0.2, -0.15) is 4.98 Å². The van der Waals surface area contributed by atoms with Gasteiger partial charge >= 0.3 is 0 Å². The van der Waals surface area contributed by atoms with E-state index in [0.717, 1.165) is 29.7 Å². The molecule has 5 aromatic rings. The molecule has 0 bridgehead atoms. The van der Waals surface area contributed by atoms with Gasteiger partial charge in [0.05, 0.1) is 6.33 Å². The normalized spacial score (nSPS) is 11.1. The minimum Gasteiger partial charge on any atom is -0.424 e. The molecule has 0 radical (unpaired) electrons. The van der Waals surface area contributed by atoms with Crippen molar-refractivity contribution in [2.24, 2.45) is 0 Å². The molecule has 0 fully saturated rings. The van der Waals surface area contributed by atoms with E-state index in [1.165, 1.54) is 0 Å². The lowest BCUT2D eigenvalue weighted by molar-refractivity contribution is 0.0739. The third-order valence-electron chi connectivity index (χ3n) is 6.28. The summed E-state index contributed by atoms with van der Waals surface area (Å²) in [4.78, 5) is 24.2. The van der Waals surface area contributed by atoms with Crippen LogP contribution in [0.5, 0.6) is 0 Å². The van der Waals surface area contributed by atoms with Gasteiger partial charge in [0, 0.05) is 49.2 Å². The molecule has 0 aliphatic heterocycles. The molecule has 8 heteroatoms. The number of oxazole rings is 1. The lowest BCUT2D eigenvalue weighted by atomic mass is 10.1. The third kappa shape index (κ3) is 6.19. The van der Waals surface area contributed by atoms with Crippen LogP contribution >= 0.6 is 11.6 Å². The Morgan fingerprint density at radius 2 is 2.00 bits per heavy atom. The summed E-state index contributed by atoms with van der Waals surface area (Å²) in [7, 11) is 0. The van der Waals surface area contributed by atoms with Gasteiger partial charge in [-0.15, -0.1) is 0 Å². The first-order valence-corrected chi connectivity index (χ1v) is 12.6. The number of hydrogen-bond donors (Lipinski definition) is 1. The number of fused-ring (bicyclic) bond motifs is 1. The second-order valence-electron chi connectivity index (χ2n) is 8.99. The van der Waals surface area contributed by atoms with Crippen LogP contribution in [0.3, 0.4) is 0 Å². The highest BCUT2D eigenvalue weighted by Crippen LogP contribution is 2.23. The lowest BCUT2D eigenvalue weighted by Crippen LogP contribution is -2.32. The van der Waals surface area contributed by atoms with Crippen molar-refractivity contribution < 1.29 is 9.21 Å². The van der Waals surface area contributed by atoms with Gasteiger partial charge in [0.15, 0.2) is 5.58 Å². The fraction of sp³-hybridized carbons (Fsp3) is 0.207. The van der Waals surface area contributed by atoms with Crippen LogP contribution in [0.2, 0.25) is 5.02 Å². The first kappa shape index (κ1) is 24.6. The molecule has 3 aromatic carbocycles. The average Bonchev–Trinajstić information content (AvgIpc) is 3.57. The van der Waals surface area contributed by atoms with Crippen LogP contribution < -0.4 is 5.32 Å². The highest BCUT2D eigenvalue weighted by molar-refractivity contribution is 6.30. The van der Waals surface area contributed by atoms with Crippen molar-refractivity contribution in [2.75, 3.05) is 11.9 Å². The quantitative estimate of drug-likeness (QED) is 0.236. The Hall–Kier alpha value is -4.10. The van der Waals surface area contributed by atoms with Crippen molar-refractivity contribution in [1.29, 1.82) is 0 Å². The second-order valence-corrected chi connectivity index (χ2v) is 9.43. The molecule has 2 heterocycles. The van der Waals surface area contributed by atoms with Crippen LogP contribution in [0.25, 0.3) is 11.1 Å². The van der Waals surface area contributed by atoms with E-state index in [0.29, 0.717) is 47.3 Å². The molecule has 2 aromatic heterocycles. The number of benzene rings is 3. The summed E-state index contributed by atoms with van der Waals surface area (Å²) in [6, 6.07) is 21.6. The van der Waals surface area contributed by atoms with E-state index in [-0.39, 0.29) is 5.91 Å². The number of carbonyl (C=O) groups is 1. The van der Waals surface area contributed by atoms with Crippen molar-refractivity contribution in [2.45, 2.75) is 33.0 Å². The van der Waals surface area contributed by atoms with Gasteiger partial charge in [-0.05, 0) is 60.4 Å². The Morgan fingerprint density at radius 3 is 2.81 bits per heavy atom. The Balaban J connectivity index is 1.32. The topological polar surface area (TPSA) is 76.2 Å². The summed E-state index contributed by atoms with van der Waals surface area (Å²) in [5, 5.41) is 3.87. The van der Waals surface area contributed by atoms with Gasteiger partial charge in [0.2, 0.25) is 0 Å². The smallest absolute Gasteiger partial charge is 0.295 e. The minimum absolute atomic E-state index is 0.0350. The van der Waals surface area contributed by atoms with Gasteiger partial charge in [-0.25, -0.2) is 4.98 Å². The number of amides is 1. The zero-order chi connectivity index (χ0) is 25.6. The van der Waals surface area contributed by atoms with Crippen LogP contribution in [0.15, 0.2) is 89.9 Å². The summed E-state index contributed by atoms with van der Waals surface area (Å²) >= 11 is 6.07. The molecule has 37 heavy (non-hydrogen) atoms. The predicted octanol–water partition coefficient (Wildman–Crippen LogP) is 6.33. The lowest BCUT2D eigenvalue weighted by Gasteiger charge is -2.24. The number of carbonyl (C=O) groups excluding carboxylic acids is 1. The van der Waals surface area contributed by atoms with Crippen LogP contribution in [0.1, 0.15) is 33.5 Å². The van der Waals surface area contributed by atoms with Gasteiger partial charge in [0.25, 0.3) is 11.9 Å². The summed E-state index contributed by atoms with van der Waals surface area (Å²) in [5.41, 5.74) is 5.15. The number of nitrogens with one attached hydrogen (secondary N) is 1. The molecule has 0 saturated heterocycles. The number of halogens is 1. The van der Waals surface area contributed by atoms with Crippen LogP contribution in [-0.2, 0) is 19.6 Å². The Morgan fingerprint density at radius 1 is 1.11 bits per heavy atom. The average molecular weight is 514 g/mol. The molecule has 1 N–H and O–H groups in total. The summed E-state index contributed by atoms with van der Waals surface area (Å²) in [6.07, 6.45) is 6.31. The van der Waals surface area contributed by atoms with E-state index < -0.39 is 0 Å². The molecule has 5 rings (SSSR count). The van der Waals surface area contributed by atoms with Crippen molar-refractivity contribution in [1.82, 2.24) is 19.4 Å². The standard InChI is InChI=1S/C29H28ClN5O2/c1-21-6-2-3-8-24(21)19-35(14-5-13-34-15-12-31-20-34)28(36)23-10-11-27-26(17-23)33-29(37-27)32-18-22-7-4-9-25(30)16-22/h2-4,6-12,15-17,20H,5,13-14,18-19H2,1H3,(H,32,33). The van der Waals surface area contributed by atoms with Crippen molar-refractivity contribution >= 4 is 34.6 Å². The first-order chi connectivity index (χ1) is 18.0. The Kier molecular flexibility index (Phi) is 7.51. The van der Waals surface area contributed by atoms with E-state index in [1.54, 1.807) is 30.7 Å². The Bertz CT molecular complexity index is 1500. The number of hydrogen-bond acceptors (Lipinski definition) is 5. The van der Waals surface area contributed by atoms with Gasteiger partial charge in [0.1, 0.15) is 5.52 Å². The number of rotatable bonds is 10. The summed E-state index contributed by atoms with van der Waals surface area (Å²) in [6.45, 7) is 4.55.